The number of aryl methyl sites for hydroxylation is 1. The summed E-state index contributed by atoms with van der Waals surface area (Å²) in [6, 6.07) is 7.40. The van der Waals surface area contributed by atoms with Gasteiger partial charge in [0.25, 0.3) is 0 Å². The van der Waals surface area contributed by atoms with Crippen LogP contribution in [-0.4, -0.2) is 14.2 Å². The summed E-state index contributed by atoms with van der Waals surface area (Å²) in [6.45, 7) is 1.89. The molecule has 0 aliphatic heterocycles. The van der Waals surface area contributed by atoms with E-state index in [0.717, 1.165) is 11.1 Å². The molecule has 0 radical (unpaired) electrons. The number of hydrogen-bond acceptors (Lipinski definition) is 2. The predicted octanol–water partition coefficient (Wildman–Crippen LogP) is 4.35. The van der Waals surface area contributed by atoms with Crippen molar-refractivity contribution in [2.45, 2.75) is 13.0 Å². The molecule has 0 amide bonds. The second kappa shape index (κ2) is 6.54. The Morgan fingerprint density at radius 2 is 1.76 bits per heavy atom. The summed E-state index contributed by atoms with van der Waals surface area (Å²) in [5, 5.41) is 2.98. The van der Waals surface area contributed by atoms with E-state index in [4.69, 9.17) is 4.74 Å². The number of hydrogen-bond donors (Lipinski definition) is 1. The Balaban J connectivity index is 2.55. The third-order valence-corrected chi connectivity index (χ3v) is 3.87. The Kier molecular flexibility index (Phi) is 4.96. The van der Waals surface area contributed by atoms with Crippen LogP contribution < -0.4 is 10.1 Å². The first-order valence-corrected chi connectivity index (χ1v) is 7.23. The van der Waals surface area contributed by atoms with E-state index < -0.39 is 17.7 Å². The second-order valence-corrected chi connectivity index (χ2v) is 5.64. The van der Waals surface area contributed by atoms with Crippen LogP contribution in [0.15, 0.2) is 34.8 Å². The minimum absolute atomic E-state index is 0.00830. The van der Waals surface area contributed by atoms with Gasteiger partial charge in [-0.1, -0.05) is 22.0 Å². The van der Waals surface area contributed by atoms with Crippen molar-refractivity contribution in [2.75, 3.05) is 14.2 Å². The molecule has 0 aliphatic carbocycles. The SMILES string of the molecule is CNC(c1ccc(OC)cc1C)c1c(F)cc(Br)cc1F. The van der Waals surface area contributed by atoms with Crippen LogP contribution in [0.2, 0.25) is 0 Å². The van der Waals surface area contributed by atoms with Gasteiger partial charge in [-0.15, -0.1) is 0 Å². The molecule has 0 fully saturated rings. The largest absolute Gasteiger partial charge is 0.497 e. The quantitative estimate of drug-likeness (QED) is 0.879. The van der Waals surface area contributed by atoms with E-state index in [0.29, 0.717) is 10.2 Å². The van der Waals surface area contributed by atoms with Crippen molar-refractivity contribution >= 4 is 15.9 Å². The summed E-state index contributed by atoms with van der Waals surface area (Å²) < 4.78 is 33.9. The van der Waals surface area contributed by atoms with Gasteiger partial charge in [-0.25, -0.2) is 8.78 Å². The fraction of sp³-hybridized carbons (Fsp3) is 0.250. The average molecular weight is 356 g/mol. The maximum atomic E-state index is 14.2. The number of halogens is 3. The fourth-order valence-corrected chi connectivity index (χ4v) is 2.79. The topological polar surface area (TPSA) is 21.3 Å². The monoisotopic (exact) mass is 355 g/mol. The molecule has 1 atom stereocenters. The van der Waals surface area contributed by atoms with E-state index in [9.17, 15) is 8.78 Å². The summed E-state index contributed by atoms with van der Waals surface area (Å²) in [7, 11) is 3.26. The zero-order chi connectivity index (χ0) is 15.6. The summed E-state index contributed by atoms with van der Waals surface area (Å²) >= 11 is 3.09. The zero-order valence-corrected chi connectivity index (χ0v) is 13.6. The van der Waals surface area contributed by atoms with Gasteiger partial charge < -0.3 is 10.1 Å². The summed E-state index contributed by atoms with van der Waals surface area (Å²) in [6.07, 6.45) is 0. The van der Waals surface area contributed by atoms with Crippen LogP contribution in [0.5, 0.6) is 5.75 Å². The molecule has 0 aliphatic rings. The first-order valence-electron chi connectivity index (χ1n) is 6.44. The first kappa shape index (κ1) is 15.9. The molecule has 1 unspecified atom stereocenters. The molecule has 5 heteroatoms. The van der Waals surface area contributed by atoms with Crippen molar-refractivity contribution in [3.63, 3.8) is 0 Å². The summed E-state index contributed by atoms with van der Waals surface area (Å²) in [5.74, 6) is -0.462. The van der Waals surface area contributed by atoms with Crippen molar-refractivity contribution in [3.8, 4) is 5.75 Å². The molecular weight excluding hydrogens is 340 g/mol. The van der Waals surface area contributed by atoms with E-state index >= 15 is 0 Å². The third-order valence-electron chi connectivity index (χ3n) is 3.41. The Morgan fingerprint density at radius 1 is 1.14 bits per heavy atom. The van der Waals surface area contributed by atoms with Gasteiger partial charge in [0, 0.05) is 10.0 Å². The predicted molar refractivity (Wildman–Crippen MR) is 82.7 cm³/mol. The highest BCUT2D eigenvalue weighted by Crippen LogP contribution is 2.32. The van der Waals surface area contributed by atoms with Crippen LogP contribution in [0.25, 0.3) is 0 Å². The molecule has 1 N–H and O–H groups in total. The van der Waals surface area contributed by atoms with Crippen LogP contribution in [0.3, 0.4) is 0 Å². The van der Waals surface area contributed by atoms with Gasteiger partial charge in [-0.05, 0) is 49.4 Å². The van der Waals surface area contributed by atoms with Gasteiger partial charge in [-0.2, -0.15) is 0 Å². The summed E-state index contributed by atoms with van der Waals surface area (Å²) in [5.41, 5.74) is 1.71. The molecule has 0 spiro atoms. The lowest BCUT2D eigenvalue weighted by Crippen LogP contribution is -2.21. The van der Waals surface area contributed by atoms with Crippen LogP contribution in [-0.2, 0) is 0 Å². The highest BCUT2D eigenvalue weighted by atomic mass is 79.9. The van der Waals surface area contributed by atoms with E-state index in [1.54, 1.807) is 20.2 Å². The minimum atomic E-state index is -0.587. The Bertz CT molecular complexity index is 638. The minimum Gasteiger partial charge on any atom is -0.497 e. The molecule has 112 valence electrons. The Hall–Kier alpha value is -1.46. The highest BCUT2D eigenvalue weighted by molar-refractivity contribution is 9.10. The lowest BCUT2D eigenvalue weighted by Gasteiger charge is -2.21. The van der Waals surface area contributed by atoms with Gasteiger partial charge in [0.1, 0.15) is 17.4 Å². The van der Waals surface area contributed by atoms with Crippen molar-refractivity contribution in [1.29, 1.82) is 0 Å². The van der Waals surface area contributed by atoms with Gasteiger partial charge in [0.05, 0.1) is 13.2 Å². The van der Waals surface area contributed by atoms with Gasteiger partial charge in [-0.3, -0.25) is 0 Å². The van der Waals surface area contributed by atoms with Crippen molar-refractivity contribution in [3.05, 3.63) is 63.1 Å². The number of nitrogens with one attached hydrogen (secondary N) is 1. The third kappa shape index (κ3) is 3.24. The Labute approximate surface area is 131 Å². The van der Waals surface area contributed by atoms with E-state index in [1.807, 2.05) is 19.1 Å². The molecule has 2 aromatic carbocycles. The molecule has 2 nitrogen and oxygen atoms in total. The fourth-order valence-electron chi connectivity index (χ4n) is 2.38. The Morgan fingerprint density at radius 3 is 2.24 bits per heavy atom. The van der Waals surface area contributed by atoms with Crippen LogP contribution in [0.4, 0.5) is 8.78 Å². The molecule has 0 saturated carbocycles. The maximum Gasteiger partial charge on any atom is 0.132 e. The number of benzene rings is 2. The van der Waals surface area contributed by atoms with Gasteiger partial charge >= 0.3 is 0 Å². The van der Waals surface area contributed by atoms with Gasteiger partial charge in [0.15, 0.2) is 0 Å². The number of rotatable bonds is 4. The molecule has 0 heterocycles. The molecule has 2 aromatic rings. The second-order valence-electron chi connectivity index (χ2n) is 4.73. The van der Waals surface area contributed by atoms with E-state index in [2.05, 4.69) is 21.2 Å². The lowest BCUT2D eigenvalue weighted by atomic mass is 9.94. The van der Waals surface area contributed by atoms with Crippen molar-refractivity contribution in [2.24, 2.45) is 0 Å². The van der Waals surface area contributed by atoms with E-state index in [1.165, 1.54) is 12.1 Å². The van der Waals surface area contributed by atoms with Crippen LogP contribution >= 0.6 is 15.9 Å². The molecule has 0 saturated heterocycles. The summed E-state index contributed by atoms with van der Waals surface area (Å²) in [4.78, 5) is 0. The molecule has 0 aromatic heterocycles. The molecule has 0 bridgehead atoms. The molecule has 2 rings (SSSR count). The molecule has 21 heavy (non-hydrogen) atoms. The maximum absolute atomic E-state index is 14.2. The number of ether oxygens (including phenoxy) is 1. The first-order chi connectivity index (χ1) is 9.97. The standard InChI is InChI=1S/C16H16BrF2NO/c1-9-6-11(21-3)4-5-12(9)16(20-2)15-13(18)7-10(17)8-14(15)19/h4-8,16,20H,1-3H3. The molecular formula is C16H16BrF2NO. The van der Waals surface area contributed by atoms with Gasteiger partial charge in [0.2, 0.25) is 0 Å². The van der Waals surface area contributed by atoms with Crippen LogP contribution in [0.1, 0.15) is 22.7 Å². The zero-order valence-electron chi connectivity index (χ0n) is 12.0. The van der Waals surface area contributed by atoms with E-state index in [-0.39, 0.29) is 5.56 Å². The average Bonchev–Trinajstić information content (AvgIpc) is 2.43. The lowest BCUT2D eigenvalue weighted by molar-refractivity contribution is 0.414. The van der Waals surface area contributed by atoms with Crippen LogP contribution in [0, 0.1) is 18.6 Å². The van der Waals surface area contributed by atoms with Crippen molar-refractivity contribution < 1.29 is 13.5 Å². The smallest absolute Gasteiger partial charge is 0.132 e. The normalized spacial score (nSPS) is 12.3. The van der Waals surface area contributed by atoms with Crippen molar-refractivity contribution in [1.82, 2.24) is 5.32 Å². The number of methoxy groups -OCH3 is 1. The highest BCUT2D eigenvalue weighted by Gasteiger charge is 2.22.